The van der Waals surface area contributed by atoms with Gasteiger partial charge in [-0.1, -0.05) is 0 Å². The van der Waals surface area contributed by atoms with E-state index in [-0.39, 0.29) is 0 Å². The number of nitrogens with one attached hydrogen (secondary N) is 1. The Balaban J connectivity index is 1.43. The van der Waals surface area contributed by atoms with E-state index in [0.29, 0.717) is 23.9 Å². The van der Waals surface area contributed by atoms with Gasteiger partial charge in [-0.25, -0.2) is 9.97 Å². The van der Waals surface area contributed by atoms with Crippen LogP contribution in [0.4, 0.5) is 11.5 Å². The van der Waals surface area contributed by atoms with Crippen molar-refractivity contribution in [1.29, 1.82) is 0 Å². The van der Waals surface area contributed by atoms with Crippen LogP contribution in [0.5, 0.6) is 11.5 Å². The number of anilines is 2. The molecule has 0 aromatic carbocycles. The van der Waals surface area contributed by atoms with Gasteiger partial charge < -0.3 is 24.1 Å². The Bertz CT molecular complexity index is 889. The Morgan fingerprint density at radius 3 is 2.89 bits per heavy atom. The van der Waals surface area contributed by atoms with Crippen LogP contribution < -0.4 is 14.8 Å². The van der Waals surface area contributed by atoms with Crippen LogP contribution in [-0.2, 0) is 0 Å². The molecule has 1 aliphatic rings. The average Bonchev–Trinajstić information content (AvgIpc) is 3.37. The predicted molar refractivity (Wildman–Crippen MR) is 105 cm³/mol. The maximum atomic E-state index is 5.99. The molecule has 1 aliphatic heterocycles. The molecule has 7 nitrogen and oxygen atoms in total. The van der Waals surface area contributed by atoms with Crippen molar-refractivity contribution in [3.63, 3.8) is 0 Å². The maximum absolute atomic E-state index is 5.99. The second-order valence-corrected chi connectivity index (χ2v) is 6.68. The summed E-state index contributed by atoms with van der Waals surface area (Å²) < 4.78 is 13.3. The maximum Gasteiger partial charge on any atom is 0.179 e. The molecule has 1 fully saturated rings. The molecule has 4 rings (SSSR count). The Morgan fingerprint density at radius 2 is 2.04 bits per heavy atom. The van der Waals surface area contributed by atoms with Crippen molar-refractivity contribution in [3.8, 4) is 11.5 Å². The van der Waals surface area contributed by atoms with Crippen molar-refractivity contribution in [1.82, 2.24) is 19.3 Å². The molecule has 4 heterocycles. The summed E-state index contributed by atoms with van der Waals surface area (Å²) in [5, 5.41) is 3.32. The minimum atomic E-state index is 0.640. The number of hydrogen-bond acceptors (Lipinski definition) is 6. The molecule has 0 aliphatic carbocycles. The third kappa shape index (κ3) is 4.14. The number of pyridine rings is 2. The first-order valence-corrected chi connectivity index (χ1v) is 9.41. The molecular formula is C20H25N5O2. The molecule has 1 saturated heterocycles. The van der Waals surface area contributed by atoms with Crippen molar-refractivity contribution in [3.05, 3.63) is 43.0 Å². The molecule has 3 aromatic heterocycles. The van der Waals surface area contributed by atoms with Crippen LogP contribution in [0.1, 0.15) is 19.3 Å². The quantitative estimate of drug-likeness (QED) is 0.616. The summed E-state index contributed by atoms with van der Waals surface area (Å²) in [4.78, 5) is 11.3. The smallest absolute Gasteiger partial charge is 0.179 e. The molecule has 7 heteroatoms. The Morgan fingerprint density at radius 1 is 1.15 bits per heavy atom. The normalized spacial score (nSPS) is 14.6. The molecule has 0 amide bonds. The zero-order valence-electron chi connectivity index (χ0n) is 15.6. The molecular weight excluding hydrogens is 342 g/mol. The lowest BCUT2D eigenvalue weighted by Crippen LogP contribution is -2.21. The fourth-order valence-corrected chi connectivity index (χ4v) is 3.42. The van der Waals surface area contributed by atoms with Gasteiger partial charge in [0.2, 0.25) is 0 Å². The Hall–Kier alpha value is -2.80. The lowest BCUT2D eigenvalue weighted by Gasteiger charge is -2.16. The van der Waals surface area contributed by atoms with Crippen LogP contribution in [0.25, 0.3) is 5.65 Å². The first-order valence-electron chi connectivity index (χ1n) is 9.41. The molecule has 0 spiro atoms. The zero-order chi connectivity index (χ0) is 18.5. The van der Waals surface area contributed by atoms with E-state index in [9.17, 15) is 0 Å². The van der Waals surface area contributed by atoms with E-state index in [0.717, 1.165) is 24.3 Å². The standard InChI is InChI=1S/C20H25N5O2/c1-26-18-15-22-19(23-16-6-4-11-25-12-7-21-20(16)25)14-17(18)27-13-5-10-24-8-2-3-9-24/h4,6-7,11-12,14-15H,2-3,5,8-10,13H2,1H3,(H,22,23). The van der Waals surface area contributed by atoms with Gasteiger partial charge in [0.05, 0.1) is 25.6 Å². The lowest BCUT2D eigenvalue weighted by atomic mass is 10.3. The number of methoxy groups -OCH3 is 1. The molecule has 0 saturated carbocycles. The number of hydrogen-bond donors (Lipinski definition) is 1. The summed E-state index contributed by atoms with van der Waals surface area (Å²) in [6, 6.07) is 5.82. The van der Waals surface area contributed by atoms with E-state index in [1.54, 1.807) is 19.5 Å². The zero-order valence-corrected chi connectivity index (χ0v) is 15.6. The fraction of sp³-hybridized carbons (Fsp3) is 0.400. The topological polar surface area (TPSA) is 63.9 Å². The van der Waals surface area contributed by atoms with Gasteiger partial charge in [0.1, 0.15) is 5.82 Å². The molecule has 1 N–H and O–H groups in total. The van der Waals surface area contributed by atoms with E-state index in [4.69, 9.17) is 9.47 Å². The van der Waals surface area contributed by atoms with Crippen molar-refractivity contribution < 1.29 is 9.47 Å². The van der Waals surface area contributed by atoms with Crippen LogP contribution in [-0.4, -0.2) is 52.6 Å². The molecule has 0 unspecified atom stereocenters. The van der Waals surface area contributed by atoms with Crippen LogP contribution in [0.3, 0.4) is 0 Å². The highest BCUT2D eigenvalue weighted by atomic mass is 16.5. The summed E-state index contributed by atoms with van der Waals surface area (Å²) >= 11 is 0. The van der Waals surface area contributed by atoms with Crippen LogP contribution in [0.2, 0.25) is 0 Å². The van der Waals surface area contributed by atoms with Crippen LogP contribution >= 0.6 is 0 Å². The van der Waals surface area contributed by atoms with E-state index in [2.05, 4.69) is 20.2 Å². The number of aromatic nitrogens is 3. The molecule has 0 atom stereocenters. The largest absolute Gasteiger partial charge is 0.491 e. The van der Waals surface area contributed by atoms with E-state index in [1.165, 1.54) is 25.9 Å². The first kappa shape index (κ1) is 17.6. The van der Waals surface area contributed by atoms with Gasteiger partial charge in [-0.15, -0.1) is 0 Å². The Labute approximate surface area is 158 Å². The van der Waals surface area contributed by atoms with E-state index in [1.807, 2.05) is 35.0 Å². The van der Waals surface area contributed by atoms with Crippen LogP contribution in [0.15, 0.2) is 43.0 Å². The van der Waals surface area contributed by atoms with Gasteiger partial charge in [0, 0.05) is 31.2 Å². The Kier molecular flexibility index (Phi) is 5.39. The van der Waals surface area contributed by atoms with E-state index < -0.39 is 0 Å². The predicted octanol–water partition coefficient (Wildman–Crippen LogP) is 3.35. The molecule has 0 radical (unpaired) electrons. The van der Waals surface area contributed by atoms with Crippen molar-refractivity contribution in [2.45, 2.75) is 19.3 Å². The second-order valence-electron chi connectivity index (χ2n) is 6.68. The van der Waals surface area contributed by atoms with E-state index >= 15 is 0 Å². The van der Waals surface area contributed by atoms with Gasteiger partial charge in [-0.05, 0) is 44.5 Å². The second kappa shape index (κ2) is 8.26. The molecule has 27 heavy (non-hydrogen) atoms. The highest BCUT2D eigenvalue weighted by molar-refractivity contribution is 5.73. The SMILES string of the molecule is COc1cnc(Nc2cccn3ccnc23)cc1OCCCN1CCCC1. The van der Waals surface area contributed by atoms with Crippen molar-refractivity contribution >= 4 is 17.2 Å². The summed E-state index contributed by atoms with van der Waals surface area (Å²) in [6.07, 6.45) is 11.0. The average molecular weight is 367 g/mol. The summed E-state index contributed by atoms with van der Waals surface area (Å²) in [5.41, 5.74) is 1.74. The number of nitrogens with zero attached hydrogens (tertiary/aromatic N) is 4. The minimum absolute atomic E-state index is 0.640. The highest BCUT2D eigenvalue weighted by Gasteiger charge is 2.12. The minimum Gasteiger partial charge on any atom is -0.491 e. The van der Waals surface area contributed by atoms with Gasteiger partial charge in [-0.2, -0.15) is 0 Å². The third-order valence-electron chi connectivity index (χ3n) is 4.81. The first-order chi connectivity index (χ1) is 13.3. The number of ether oxygens (including phenoxy) is 2. The molecule has 142 valence electrons. The van der Waals surface area contributed by atoms with Gasteiger partial charge in [0.25, 0.3) is 0 Å². The lowest BCUT2D eigenvalue weighted by molar-refractivity contribution is 0.254. The van der Waals surface area contributed by atoms with Crippen molar-refractivity contribution in [2.75, 3.05) is 38.7 Å². The summed E-state index contributed by atoms with van der Waals surface area (Å²) in [7, 11) is 1.63. The van der Waals surface area contributed by atoms with Crippen LogP contribution in [0, 0.1) is 0 Å². The highest BCUT2D eigenvalue weighted by Crippen LogP contribution is 2.30. The number of imidazole rings is 1. The number of likely N-dealkylation sites (tertiary alicyclic amines) is 1. The van der Waals surface area contributed by atoms with Gasteiger partial charge >= 0.3 is 0 Å². The molecule has 3 aromatic rings. The summed E-state index contributed by atoms with van der Waals surface area (Å²) in [6.45, 7) is 4.17. The number of fused-ring (bicyclic) bond motifs is 1. The third-order valence-corrected chi connectivity index (χ3v) is 4.81. The van der Waals surface area contributed by atoms with Gasteiger partial charge in [-0.3, -0.25) is 0 Å². The van der Waals surface area contributed by atoms with Gasteiger partial charge in [0.15, 0.2) is 17.1 Å². The molecule has 0 bridgehead atoms. The fourth-order valence-electron chi connectivity index (χ4n) is 3.42. The monoisotopic (exact) mass is 367 g/mol. The number of rotatable bonds is 8. The summed E-state index contributed by atoms with van der Waals surface area (Å²) in [5.74, 6) is 2.04. The van der Waals surface area contributed by atoms with Crippen molar-refractivity contribution in [2.24, 2.45) is 0 Å².